The Labute approximate surface area is 316 Å². The molecule has 0 aromatic carbocycles. The Hall–Kier alpha value is -3.48. The molecule has 0 radical (unpaired) electrons. The molecule has 0 N–H and O–H groups in total. The van der Waals surface area contributed by atoms with Crippen molar-refractivity contribution in [2.24, 2.45) is 20.0 Å². The van der Waals surface area contributed by atoms with Crippen LogP contribution >= 0.6 is 0 Å². The molecule has 0 fully saturated rings. The van der Waals surface area contributed by atoms with Gasteiger partial charge in [0.2, 0.25) is 0 Å². The van der Waals surface area contributed by atoms with Gasteiger partial charge in [0.1, 0.15) is 0 Å². The van der Waals surface area contributed by atoms with Crippen molar-refractivity contribution in [3.05, 3.63) is 94.7 Å². The van der Waals surface area contributed by atoms with Crippen LogP contribution in [0.1, 0.15) is 145 Å². The van der Waals surface area contributed by atoms with Crippen LogP contribution in [0.5, 0.6) is 0 Å². The number of ether oxygens (including phenoxy) is 2. The van der Waals surface area contributed by atoms with Gasteiger partial charge < -0.3 is 9.47 Å². The fourth-order valence-electron chi connectivity index (χ4n) is 7.17. The van der Waals surface area contributed by atoms with E-state index in [1.165, 1.54) is 103 Å². The molecule has 6 nitrogen and oxygen atoms in total. The summed E-state index contributed by atoms with van der Waals surface area (Å²) < 4.78 is 22.6. The lowest BCUT2D eigenvalue weighted by molar-refractivity contribution is 0.0844. The van der Waals surface area contributed by atoms with Gasteiger partial charge in [0.05, 0.1) is 59.2 Å². The maximum Gasteiger partial charge on any atom is 0.0839 e. The minimum Gasteiger partial charge on any atom is -0.374 e. The van der Waals surface area contributed by atoms with E-state index in [0.717, 1.165) is 63.9 Å². The van der Waals surface area contributed by atoms with Crippen LogP contribution in [-0.4, -0.2) is 48.3 Å². The van der Waals surface area contributed by atoms with Gasteiger partial charge in [-0.2, -0.15) is 0 Å². The van der Waals surface area contributed by atoms with Gasteiger partial charge in [-0.3, -0.25) is 0 Å². The molecule has 52 heavy (non-hydrogen) atoms. The maximum atomic E-state index is 9.46. The standard InChI is InChI=1S/C46H64N4O2/c1-5-7-9-11-13-15-17-19-21-29-51-35(3)43-34-42-33-40-26-25-38(48-40)31-37-23-24-39(47-37)32-41-27-28-44(49-41)45(46(43)50-42)36(4)52-30-22-20-18-16-14-12-10-8-6-2/h23-28,31-36H,5-22,29-30H2,1-4H3/i34D. The first-order chi connectivity index (χ1) is 26.0. The Morgan fingerprint density at radius 3 is 1.48 bits per heavy atom. The molecule has 8 bridgehead atoms. The number of fused-ring (bicyclic) bond motifs is 4. The Bertz CT molecular complexity index is 1640. The van der Waals surface area contributed by atoms with E-state index in [9.17, 15) is 1.37 Å². The number of hydrogen-bond donors (Lipinski definition) is 0. The first kappa shape index (κ1) is 38.3. The third kappa shape index (κ3) is 12.6. The van der Waals surface area contributed by atoms with E-state index in [2.05, 4.69) is 33.8 Å². The third-order valence-corrected chi connectivity index (χ3v) is 10.2. The van der Waals surface area contributed by atoms with Crippen molar-refractivity contribution in [2.45, 2.75) is 155 Å². The molecular formula is C46H64N4O2. The van der Waals surface area contributed by atoms with E-state index in [4.69, 9.17) is 29.4 Å². The lowest BCUT2D eigenvalue weighted by Crippen LogP contribution is -2.22. The van der Waals surface area contributed by atoms with Crippen molar-refractivity contribution >= 4 is 22.8 Å². The van der Waals surface area contributed by atoms with Crippen molar-refractivity contribution < 1.29 is 10.8 Å². The van der Waals surface area contributed by atoms with Crippen molar-refractivity contribution in [2.75, 3.05) is 13.2 Å². The smallest absolute Gasteiger partial charge is 0.0839 e. The van der Waals surface area contributed by atoms with Gasteiger partial charge in [-0.25, -0.2) is 20.0 Å². The van der Waals surface area contributed by atoms with Crippen LogP contribution in [0.2, 0.25) is 0 Å². The molecule has 2 unspecified atom stereocenters. The van der Waals surface area contributed by atoms with Gasteiger partial charge in [0.15, 0.2) is 0 Å². The Balaban J connectivity index is 1.35. The summed E-state index contributed by atoms with van der Waals surface area (Å²) in [6.45, 7) is 10.0. The molecule has 0 aromatic heterocycles. The molecular weight excluding hydrogens is 641 g/mol. The summed E-state index contributed by atoms with van der Waals surface area (Å²) in [6.07, 6.45) is 40.2. The van der Waals surface area contributed by atoms with Crippen LogP contribution in [0.25, 0.3) is 0 Å². The summed E-state index contributed by atoms with van der Waals surface area (Å²) in [7, 11) is 0. The Kier molecular flexibility index (Phi) is 16.1. The molecule has 0 saturated heterocycles. The van der Waals surface area contributed by atoms with Crippen molar-refractivity contribution in [1.82, 2.24) is 0 Å². The van der Waals surface area contributed by atoms with E-state index in [0.29, 0.717) is 25.0 Å². The Morgan fingerprint density at radius 2 is 0.942 bits per heavy atom. The van der Waals surface area contributed by atoms with Crippen LogP contribution in [-0.2, 0) is 9.47 Å². The number of aliphatic imine (C=N–C) groups is 4. The minimum atomic E-state index is -0.313. The molecule has 0 aromatic rings. The predicted octanol–water partition coefficient (Wildman–Crippen LogP) is 12.2. The average Bonchev–Trinajstić information content (AvgIpc) is 3.96. The van der Waals surface area contributed by atoms with Gasteiger partial charge >= 0.3 is 0 Å². The summed E-state index contributed by atoms with van der Waals surface area (Å²) in [5.41, 5.74) is 7.94. The average molecular weight is 706 g/mol. The zero-order valence-electron chi connectivity index (χ0n) is 33.6. The SMILES string of the molecule is [2H]C1=C(C(C)OCCCCCCCCCCC)C2=C(C(C)OCCCCCCCCCCC)C3=NC(=CC4=NC(=CC5=NC(=CC1=N2)C=C5)C=C4)C=C3. The van der Waals surface area contributed by atoms with E-state index in [1.807, 2.05) is 48.6 Å². The molecule has 0 aliphatic carbocycles. The van der Waals surface area contributed by atoms with E-state index in [-0.39, 0.29) is 12.2 Å². The molecule has 0 amide bonds. The molecule has 2 atom stereocenters. The van der Waals surface area contributed by atoms with Gasteiger partial charge in [0.25, 0.3) is 0 Å². The summed E-state index contributed by atoms with van der Waals surface area (Å²) >= 11 is 0. The number of unbranched alkanes of at least 4 members (excludes halogenated alkanes) is 16. The van der Waals surface area contributed by atoms with E-state index in [1.54, 1.807) is 0 Å². The normalized spacial score (nSPS) is 19.1. The van der Waals surface area contributed by atoms with Crippen LogP contribution in [0.4, 0.5) is 0 Å². The van der Waals surface area contributed by atoms with E-state index < -0.39 is 0 Å². The van der Waals surface area contributed by atoms with Gasteiger partial charge in [-0.05, 0) is 87.4 Å². The van der Waals surface area contributed by atoms with E-state index >= 15 is 0 Å². The number of rotatable bonds is 24. The fourth-order valence-corrected chi connectivity index (χ4v) is 7.17. The quantitative estimate of drug-likeness (QED) is 0.0938. The van der Waals surface area contributed by atoms with Gasteiger partial charge in [0, 0.05) is 24.4 Å². The molecule has 5 aliphatic rings. The highest BCUT2D eigenvalue weighted by atomic mass is 16.5. The molecule has 5 heterocycles. The van der Waals surface area contributed by atoms with Crippen molar-refractivity contribution in [3.8, 4) is 0 Å². The third-order valence-electron chi connectivity index (χ3n) is 10.2. The topological polar surface area (TPSA) is 67.9 Å². The first-order valence-electron chi connectivity index (χ1n) is 21.2. The Morgan fingerprint density at radius 1 is 0.500 bits per heavy atom. The molecule has 5 rings (SSSR count). The molecule has 0 spiro atoms. The van der Waals surface area contributed by atoms with Gasteiger partial charge in [-0.15, -0.1) is 0 Å². The number of nitrogens with zero attached hydrogens (tertiary/aromatic N) is 4. The molecule has 5 aliphatic heterocycles. The number of hydrogen-bond acceptors (Lipinski definition) is 6. The molecule has 6 heteroatoms. The summed E-state index contributed by atoms with van der Waals surface area (Å²) in [6, 6.07) is 0.376. The maximum absolute atomic E-state index is 9.46. The summed E-state index contributed by atoms with van der Waals surface area (Å²) in [4.78, 5) is 19.9. The summed E-state index contributed by atoms with van der Waals surface area (Å²) in [5, 5.41) is 0. The second-order valence-corrected chi connectivity index (χ2v) is 14.8. The zero-order valence-corrected chi connectivity index (χ0v) is 32.6. The highest BCUT2D eigenvalue weighted by Crippen LogP contribution is 2.33. The number of allylic oxidation sites excluding steroid dienone is 10. The molecule has 280 valence electrons. The predicted molar refractivity (Wildman–Crippen MR) is 222 cm³/mol. The first-order valence-corrected chi connectivity index (χ1v) is 20.7. The van der Waals surface area contributed by atoms with Gasteiger partial charge in [-0.1, -0.05) is 117 Å². The highest BCUT2D eigenvalue weighted by Gasteiger charge is 2.29. The zero-order chi connectivity index (χ0) is 37.3. The monoisotopic (exact) mass is 706 g/mol. The molecule has 0 saturated carbocycles. The van der Waals surface area contributed by atoms with Crippen LogP contribution in [0, 0.1) is 0 Å². The van der Waals surface area contributed by atoms with Crippen molar-refractivity contribution in [1.29, 1.82) is 0 Å². The summed E-state index contributed by atoms with van der Waals surface area (Å²) in [5.74, 6) is 0. The fraction of sp³-hybridized carbons (Fsp3) is 0.565. The minimum absolute atomic E-state index is 0.280. The lowest BCUT2D eigenvalue weighted by atomic mass is 9.96. The van der Waals surface area contributed by atoms with Crippen LogP contribution in [0.3, 0.4) is 0 Å². The second kappa shape index (κ2) is 21.9. The lowest BCUT2D eigenvalue weighted by Gasteiger charge is -2.22. The van der Waals surface area contributed by atoms with Crippen LogP contribution in [0.15, 0.2) is 115 Å². The largest absolute Gasteiger partial charge is 0.374 e. The second-order valence-electron chi connectivity index (χ2n) is 14.8. The highest BCUT2D eigenvalue weighted by molar-refractivity contribution is 6.17. The van der Waals surface area contributed by atoms with Crippen molar-refractivity contribution in [3.63, 3.8) is 0 Å². The van der Waals surface area contributed by atoms with Crippen LogP contribution < -0.4 is 0 Å².